The minimum atomic E-state index is -0.335. The minimum absolute atomic E-state index is 0.140. The van der Waals surface area contributed by atoms with Gasteiger partial charge in [-0.2, -0.15) is 4.52 Å². The molecule has 0 amide bonds. The Hall–Kier alpha value is -3.02. The number of fused-ring (bicyclic) bond motifs is 3. The van der Waals surface area contributed by atoms with E-state index in [2.05, 4.69) is 10.1 Å². The Morgan fingerprint density at radius 3 is 2.65 bits per heavy atom. The summed E-state index contributed by atoms with van der Waals surface area (Å²) in [5, 5.41) is 4.98. The van der Waals surface area contributed by atoms with Crippen LogP contribution in [0.5, 0.6) is 0 Å². The molecule has 23 heavy (non-hydrogen) atoms. The van der Waals surface area contributed by atoms with Crippen molar-refractivity contribution in [3.05, 3.63) is 76.2 Å². The summed E-state index contributed by atoms with van der Waals surface area (Å²) in [6.45, 7) is 1.88. The maximum absolute atomic E-state index is 14.0. The number of halogens is 1. The Bertz CT molecular complexity index is 1100. The summed E-state index contributed by atoms with van der Waals surface area (Å²) in [7, 11) is 0. The number of aromatic nitrogens is 4. The normalized spacial score (nSPS) is 11.4. The first-order chi connectivity index (χ1) is 11.1. The van der Waals surface area contributed by atoms with Gasteiger partial charge in [0.1, 0.15) is 11.6 Å². The molecule has 0 saturated heterocycles. The van der Waals surface area contributed by atoms with Crippen molar-refractivity contribution in [3.8, 4) is 0 Å². The van der Waals surface area contributed by atoms with Gasteiger partial charge in [0.2, 0.25) is 0 Å². The summed E-state index contributed by atoms with van der Waals surface area (Å²) in [6.07, 6.45) is 0. The van der Waals surface area contributed by atoms with Crippen LogP contribution >= 0.6 is 0 Å². The van der Waals surface area contributed by atoms with Gasteiger partial charge in [-0.25, -0.2) is 14.2 Å². The van der Waals surface area contributed by atoms with Gasteiger partial charge in [0.25, 0.3) is 0 Å². The third kappa shape index (κ3) is 2.11. The quantitative estimate of drug-likeness (QED) is 0.572. The number of benzene rings is 2. The Labute approximate surface area is 130 Å². The molecule has 0 spiro atoms. The molecule has 0 unspecified atom stereocenters. The van der Waals surface area contributed by atoms with Crippen molar-refractivity contribution in [3.63, 3.8) is 0 Å². The van der Waals surface area contributed by atoms with E-state index in [9.17, 15) is 9.18 Å². The van der Waals surface area contributed by atoms with Crippen LogP contribution in [0.3, 0.4) is 0 Å². The van der Waals surface area contributed by atoms with Crippen molar-refractivity contribution in [2.24, 2.45) is 0 Å². The lowest BCUT2D eigenvalue weighted by molar-refractivity contribution is 0.594. The molecule has 6 heteroatoms. The number of nitrogens with zero attached hydrogens (tertiary/aromatic N) is 4. The molecule has 0 aliphatic carbocycles. The van der Waals surface area contributed by atoms with Gasteiger partial charge in [0.15, 0.2) is 5.65 Å². The van der Waals surface area contributed by atoms with Crippen LogP contribution in [-0.4, -0.2) is 19.2 Å². The maximum atomic E-state index is 14.0. The van der Waals surface area contributed by atoms with E-state index < -0.39 is 0 Å². The fourth-order valence-corrected chi connectivity index (χ4v) is 2.79. The van der Waals surface area contributed by atoms with Crippen molar-refractivity contribution in [2.75, 3.05) is 0 Å². The fourth-order valence-electron chi connectivity index (χ4n) is 2.79. The molecule has 0 saturated carbocycles. The third-order valence-corrected chi connectivity index (χ3v) is 3.85. The zero-order valence-electron chi connectivity index (χ0n) is 12.4. The first kappa shape index (κ1) is 13.6. The Balaban J connectivity index is 2.06. The number of hydrogen-bond donors (Lipinski definition) is 0. The van der Waals surface area contributed by atoms with Crippen molar-refractivity contribution in [2.45, 2.75) is 13.5 Å². The molecule has 0 radical (unpaired) electrons. The van der Waals surface area contributed by atoms with Crippen LogP contribution in [0, 0.1) is 12.7 Å². The minimum Gasteiger partial charge on any atom is -0.287 e. The standard InChI is InChI=1S/C17H13FN4O/c1-11-19-16-13-7-3-5-9-15(13)21(17(23)22(16)20-11)10-12-6-2-4-8-14(12)18/h2-9H,10H2,1H3. The summed E-state index contributed by atoms with van der Waals surface area (Å²) in [4.78, 5) is 17.1. The maximum Gasteiger partial charge on any atom is 0.351 e. The van der Waals surface area contributed by atoms with Crippen LogP contribution in [0.15, 0.2) is 53.3 Å². The Kier molecular flexibility index (Phi) is 2.97. The smallest absolute Gasteiger partial charge is 0.287 e. The molecule has 0 aliphatic rings. The van der Waals surface area contributed by atoms with Gasteiger partial charge in [-0.1, -0.05) is 30.3 Å². The van der Waals surface area contributed by atoms with Crippen molar-refractivity contribution in [1.82, 2.24) is 19.2 Å². The first-order valence-corrected chi connectivity index (χ1v) is 7.23. The molecule has 2 aromatic heterocycles. The highest BCUT2D eigenvalue weighted by atomic mass is 19.1. The summed E-state index contributed by atoms with van der Waals surface area (Å²) in [5.41, 5.74) is 1.35. The first-order valence-electron chi connectivity index (χ1n) is 7.23. The van der Waals surface area contributed by atoms with Gasteiger partial charge in [-0.15, -0.1) is 5.10 Å². The average Bonchev–Trinajstić information content (AvgIpc) is 2.95. The molecule has 0 aliphatic heterocycles. The molecule has 2 aromatic carbocycles. The van der Waals surface area contributed by atoms with E-state index in [1.165, 1.54) is 15.1 Å². The molecule has 114 valence electrons. The summed E-state index contributed by atoms with van der Waals surface area (Å²) >= 11 is 0. The summed E-state index contributed by atoms with van der Waals surface area (Å²) in [6, 6.07) is 13.9. The van der Waals surface area contributed by atoms with E-state index in [4.69, 9.17) is 0 Å². The van der Waals surface area contributed by atoms with Crippen LogP contribution < -0.4 is 5.69 Å². The number of hydrogen-bond acceptors (Lipinski definition) is 3. The molecule has 0 fully saturated rings. The second kappa shape index (κ2) is 5.01. The van der Waals surface area contributed by atoms with Gasteiger partial charge in [0.05, 0.1) is 12.1 Å². The fraction of sp³-hybridized carbons (Fsp3) is 0.118. The van der Waals surface area contributed by atoms with E-state index in [1.807, 2.05) is 24.3 Å². The van der Waals surface area contributed by atoms with Crippen LogP contribution in [0.2, 0.25) is 0 Å². The molecule has 2 heterocycles. The largest absolute Gasteiger partial charge is 0.351 e. The van der Waals surface area contributed by atoms with Gasteiger partial charge in [-0.3, -0.25) is 4.57 Å². The zero-order chi connectivity index (χ0) is 16.0. The van der Waals surface area contributed by atoms with Crippen LogP contribution in [0.4, 0.5) is 4.39 Å². The van der Waals surface area contributed by atoms with E-state index in [0.29, 0.717) is 22.6 Å². The predicted molar refractivity (Wildman–Crippen MR) is 85.0 cm³/mol. The summed E-state index contributed by atoms with van der Waals surface area (Å²) in [5.74, 6) is 0.189. The van der Waals surface area contributed by atoms with E-state index >= 15 is 0 Å². The lowest BCUT2D eigenvalue weighted by Crippen LogP contribution is -2.28. The van der Waals surface area contributed by atoms with Crippen molar-refractivity contribution >= 4 is 16.6 Å². The second-order valence-electron chi connectivity index (χ2n) is 5.37. The Morgan fingerprint density at radius 1 is 1.09 bits per heavy atom. The lowest BCUT2D eigenvalue weighted by atomic mass is 10.2. The molecule has 0 bridgehead atoms. The van der Waals surface area contributed by atoms with Gasteiger partial charge in [0, 0.05) is 10.9 Å². The highest BCUT2D eigenvalue weighted by molar-refractivity contribution is 5.91. The average molecular weight is 308 g/mol. The molecule has 5 nitrogen and oxygen atoms in total. The van der Waals surface area contributed by atoms with Gasteiger partial charge in [-0.05, 0) is 25.1 Å². The zero-order valence-corrected chi connectivity index (χ0v) is 12.4. The lowest BCUT2D eigenvalue weighted by Gasteiger charge is -2.11. The van der Waals surface area contributed by atoms with E-state index in [1.54, 1.807) is 25.1 Å². The molecular formula is C17H13FN4O. The Morgan fingerprint density at radius 2 is 1.83 bits per heavy atom. The van der Waals surface area contributed by atoms with Gasteiger partial charge < -0.3 is 0 Å². The van der Waals surface area contributed by atoms with Crippen LogP contribution in [-0.2, 0) is 6.54 Å². The third-order valence-electron chi connectivity index (χ3n) is 3.85. The van der Waals surface area contributed by atoms with Crippen LogP contribution in [0.25, 0.3) is 16.6 Å². The molecule has 4 rings (SSSR count). The number of para-hydroxylation sites is 1. The number of aryl methyl sites for hydroxylation is 1. The predicted octanol–water partition coefficient (Wildman–Crippen LogP) is 2.54. The van der Waals surface area contributed by atoms with E-state index in [0.717, 1.165) is 5.39 Å². The molecule has 0 atom stereocenters. The SMILES string of the molecule is Cc1nc2c3ccccc3n(Cc3ccccc3F)c(=O)n2n1. The van der Waals surface area contributed by atoms with E-state index in [-0.39, 0.29) is 18.1 Å². The van der Waals surface area contributed by atoms with Crippen molar-refractivity contribution < 1.29 is 4.39 Å². The van der Waals surface area contributed by atoms with Crippen LogP contribution in [0.1, 0.15) is 11.4 Å². The highest BCUT2D eigenvalue weighted by Gasteiger charge is 2.14. The molecule has 4 aromatic rings. The molecular weight excluding hydrogens is 295 g/mol. The highest BCUT2D eigenvalue weighted by Crippen LogP contribution is 2.18. The second-order valence-corrected chi connectivity index (χ2v) is 5.37. The van der Waals surface area contributed by atoms with Crippen molar-refractivity contribution in [1.29, 1.82) is 0 Å². The topological polar surface area (TPSA) is 52.2 Å². The molecule has 0 N–H and O–H groups in total. The monoisotopic (exact) mass is 308 g/mol. The summed E-state index contributed by atoms with van der Waals surface area (Å²) < 4.78 is 16.8. The number of rotatable bonds is 2. The van der Waals surface area contributed by atoms with Gasteiger partial charge >= 0.3 is 5.69 Å².